The number of benzene rings is 1. The first-order valence-corrected chi connectivity index (χ1v) is 9.39. The maximum Gasteiger partial charge on any atom is 0.307 e. The number of nitrogens with zero attached hydrogens (tertiary/aromatic N) is 2. The van der Waals surface area contributed by atoms with Crippen LogP contribution in [0.2, 0.25) is 5.02 Å². The van der Waals surface area contributed by atoms with Crippen molar-refractivity contribution in [1.82, 2.24) is 9.88 Å². The van der Waals surface area contributed by atoms with Gasteiger partial charge in [0.25, 0.3) is 5.91 Å². The number of hydrogen-bond donors (Lipinski definition) is 0. The SMILES string of the molecule is CCOC(=O)CCN(Cc1cccnc1)C(=O)c1oc2ccc(Cl)cc2c1C. The van der Waals surface area contributed by atoms with E-state index >= 15 is 0 Å². The Labute approximate surface area is 168 Å². The lowest BCUT2D eigenvalue weighted by Crippen LogP contribution is -2.33. The maximum absolute atomic E-state index is 13.2. The molecule has 0 atom stereocenters. The van der Waals surface area contributed by atoms with Crippen LogP contribution in [-0.2, 0) is 16.1 Å². The number of ether oxygens (including phenoxy) is 1. The standard InChI is InChI=1S/C21H21ClN2O4/c1-3-27-19(25)8-10-24(13-15-5-4-9-23-12-15)21(26)20-14(2)17-11-16(22)6-7-18(17)28-20/h4-7,9,11-12H,3,8,10,13H2,1-2H3. The first kappa shape index (κ1) is 19.9. The van der Waals surface area contributed by atoms with E-state index in [1.165, 1.54) is 0 Å². The smallest absolute Gasteiger partial charge is 0.307 e. The summed E-state index contributed by atoms with van der Waals surface area (Å²) in [6.45, 7) is 4.40. The molecule has 0 bridgehead atoms. The monoisotopic (exact) mass is 400 g/mol. The van der Waals surface area contributed by atoms with Crippen LogP contribution in [0.5, 0.6) is 0 Å². The third-order valence-electron chi connectivity index (χ3n) is 4.37. The first-order valence-electron chi connectivity index (χ1n) is 9.02. The summed E-state index contributed by atoms with van der Waals surface area (Å²) in [4.78, 5) is 30.7. The van der Waals surface area contributed by atoms with Crippen LogP contribution in [-0.4, -0.2) is 34.9 Å². The van der Waals surface area contributed by atoms with Crippen molar-refractivity contribution in [1.29, 1.82) is 0 Å². The fourth-order valence-corrected chi connectivity index (χ4v) is 3.14. The van der Waals surface area contributed by atoms with Crippen LogP contribution >= 0.6 is 11.6 Å². The lowest BCUT2D eigenvalue weighted by molar-refractivity contribution is -0.143. The predicted octanol–water partition coefficient (Wildman–Crippen LogP) is 4.39. The number of fused-ring (bicyclic) bond motifs is 1. The molecule has 0 unspecified atom stereocenters. The molecule has 3 aromatic rings. The summed E-state index contributed by atoms with van der Waals surface area (Å²) in [5.74, 6) is -0.400. The fourth-order valence-electron chi connectivity index (χ4n) is 2.96. The molecular formula is C21H21ClN2O4. The predicted molar refractivity (Wildman–Crippen MR) is 106 cm³/mol. The zero-order chi connectivity index (χ0) is 20.1. The molecule has 1 amide bonds. The van der Waals surface area contributed by atoms with E-state index in [0.717, 1.165) is 16.5 Å². The minimum absolute atomic E-state index is 0.102. The molecule has 0 aliphatic rings. The fraction of sp³-hybridized carbons (Fsp3) is 0.286. The largest absolute Gasteiger partial charge is 0.466 e. The van der Waals surface area contributed by atoms with Crippen molar-refractivity contribution in [2.24, 2.45) is 0 Å². The highest BCUT2D eigenvalue weighted by Crippen LogP contribution is 2.29. The Kier molecular flexibility index (Phi) is 6.31. The molecule has 0 aliphatic heterocycles. The highest BCUT2D eigenvalue weighted by molar-refractivity contribution is 6.31. The number of furan rings is 1. The van der Waals surface area contributed by atoms with E-state index in [4.69, 9.17) is 20.8 Å². The molecule has 0 saturated carbocycles. The molecule has 2 aromatic heterocycles. The van der Waals surface area contributed by atoms with E-state index in [2.05, 4.69) is 4.98 Å². The van der Waals surface area contributed by atoms with Gasteiger partial charge in [-0.2, -0.15) is 0 Å². The summed E-state index contributed by atoms with van der Waals surface area (Å²) in [6.07, 6.45) is 3.46. The molecular weight excluding hydrogens is 380 g/mol. The van der Waals surface area contributed by atoms with Gasteiger partial charge < -0.3 is 14.1 Å². The summed E-state index contributed by atoms with van der Waals surface area (Å²) in [6, 6.07) is 8.91. The Morgan fingerprint density at radius 3 is 2.82 bits per heavy atom. The zero-order valence-corrected chi connectivity index (χ0v) is 16.5. The second-order valence-corrected chi connectivity index (χ2v) is 6.78. The summed E-state index contributed by atoms with van der Waals surface area (Å²) in [5.41, 5.74) is 2.17. The van der Waals surface area contributed by atoms with Crippen molar-refractivity contribution in [3.63, 3.8) is 0 Å². The molecule has 28 heavy (non-hydrogen) atoms. The molecule has 0 spiro atoms. The average molecular weight is 401 g/mol. The van der Waals surface area contributed by atoms with Gasteiger partial charge in [-0.25, -0.2) is 0 Å². The Morgan fingerprint density at radius 2 is 2.11 bits per heavy atom. The van der Waals surface area contributed by atoms with Gasteiger partial charge in [0.1, 0.15) is 5.58 Å². The van der Waals surface area contributed by atoms with E-state index in [0.29, 0.717) is 23.8 Å². The van der Waals surface area contributed by atoms with Crippen molar-refractivity contribution < 1.29 is 18.7 Å². The third-order valence-corrected chi connectivity index (χ3v) is 4.60. The summed E-state index contributed by atoms with van der Waals surface area (Å²) < 4.78 is 10.8. The highest BCUT2D eigenvalue weighted by atomic mass is 35.5. The number of halogens is 1. The van der Waals surface area contributed by atoms with E-state index in [-0.39, 0.29) is 30.6 Å². The molecule has 0 radical (unpaired) electrons. The summed E-state index contributed by atoms with van der Waals surface area (Å²) in [5, 5.41) is 1.37. The van der Waals surface area contributed by atoms with Crippen molar-refractivity contribution >= 4 is 34.4 Å². The number of aromatic nitrogens is 1. The topological polar surface area (TPSA) is 72.6 Å². The molecule has 6 nitrogen and oxygen atoms in total. The lowest BCUT2D eigenvalue weighted by atomic mass is 10.1. The molecule has 3 rings (SSSR count). The number of esters is 1. The number of carbonyl (C=O) groups excluding carboxylic acids is 2. The lowest BCUT2D eigenvalue weighted by Gasteiger charge is -2.21. The number of rotatable bonds is 7. The zero-order valence-electron chi connectivity index (χ0n) is 15.8. The highest BCUT2D eigenvalue weighted by Gasteiger charge is 2.24. The number of carbonyl (C=O) groups is 2. The Balaban J connectivity index is 1.88. The molecule has 0 fully saturated rings. The Morgan fingerprint density at radius 1 is 1.29 bits per heavy atom. The van der Waals surface area contributed by atoms with Crippen molar-refractivity contribution in [3.05, 3.63) is 64.6 Å². The van der Waals surface area contributed by atoms with Gasteiger partial charge in [0, 0.05) is 41.5 Å². The van der Waals surface area contributed by atoms with Crippen LogP contribution in [0.25, 0.3) is 11.0 Å². The molecule has 0 N–H and O–H groups in total. The van der Waals surface area contributed by atoms with Crippen molar-refractivity contribution in [2.45, 2.75) is 26.8 Å². The van der Waals surface area contributed by atoms with Crippen LogP contribution in [0, 0.1) is 6.92 Å². The number of pyridine rings is 1. The Bertz CT molecular complexity index is 985. The van der Waals surface area contributed by atoms with Gasteiger partial charge in [0.2, 0.25) is 0 Å². The van der Waals surface area contributed by atoms with E-state index in [9.17, 15) is 9.59 Å². The molecule has 146 valence electrons. The van der Waals surface area contributed by atoms with E-state index in [1.807, 2.05) is 13.0 Å². The van der Waals surface area contributed by atoms with Gasteiger partial charge in [0.15, 0.2) is 5.76 Å². The van der Waals surface area contributed by atoms with Crippen LogP contribution in [0.1, 0.15) is 35.0 Å². The van der Waals surface area contributed by atoms with Crippen molar-refractivity contribution in [3.8, 4) is 0 Å². The normalized spacial score (nSPS) is 10.8. The average Bonchev–Trinajstić information content (AvgIpc) is 3.01. The van der Waals surface area contributed by atoms with Crippen LogP contribution < -0.4 is 0 Å². The van der Waals surface area contributed by atoms with Crippen LogP contribution in [0.15, 0.2) is 47.1 Å². The molecule has 2 heterocycles. The first-order chi connectivity index (χ1) is 13.5. The number of amides is 1. The minimum Gasteiger partial charge on any atom is -0.466 e. The van der Waals surface area contributed by atoms with E-state index in [1.54, 1.807) is 48.5 Å². The summed E-state index contributed by atoms with van der Waals surface area (Å²) >= 11 is 6.07. The Hall–Kier alpha value is -2.86. The minimum atomic E-state index is -0.348. The second kappa shape index (κ2) is 8.89. The second-order valence-electron chi connectivity index (χ2n) is 6.34. The number of aryl methyl sites for hydroxylation is 1. The van der Waals surface area contributed by atoms with Crippen LogP contribution in [0.3, 0.4) is 0 Å². The van der Waals surface area contributed by atoms with Gasteiger partial charge in [-0.3, -0.25) is 14.6 Å². The van der Waals surface area contributed by atoms with Gasteiger partial charge in [-0.05, 0) is 43.7 Å². The molecule has 1 aromatic carbocycles. The van der Waals surface area contributed by atoms with Crippen LogP contribution in [0.4, 0.5) is 0 Å². The molecule has 0 saturated heterocycles. The molecule has 7 heteroatoms. The van der Waals surface area contributed by atoms with Gasteiger partial charge in [-0.15, -0.1) is 0 Å². The van der Waals surface area contributed by atoms with Gasteiger partial charge in [-0.1, -0.05) is 17.7 Å². The maximum atomic E-state index is 13.2. The quantitative estimate of drug-likeness (QED) is 0.550. The molecule has 0 aliphatic carbocycles. The summed E-state index contributed by atoms with van der Waals surface area (Å²) in [7, 11) is 0. The number of hydrogen-bond acceptors (Lipinski definition) is 5. The van der Waals surface area contributed by atoms with E-state index < -0.39 is 0 Å². The van der Waals surface area contributed by atoms with Gasteiger partial charge in [0.05, 0.1) is 13.0 Å². The van der Waals surface area contributed by atoms with Gasteiger partial charge >= 0.3 is 5.97 Å². The third kappa shape index (κ3) is 4.51. The van der Waals surface area contributed by atoms with Crippen molar-refractivity contribution in [2.75, 3.05) is 13.2 Å².